The van der Waals surface area contributed by atoms with Gasteiger partial charge in [-0.05, 0) is 24.0 Å². The van der Waals surface area contributed by atoms with Crippen LogP contribution >= 0.6 is 0 Å². The van der Waals surface area contributed by atoms with Gasteiger partial charge in [0.1, 0.15) is 6.04 Å². The summed E-state index contributed by atoms with van der Waals surface area (Å²) in [6.45, 7) is 3.85. The Bertz CT molecular complexity index is 1010. The molecule has 0 saturated heterocycles. The average Bonchev–Trinajstić information content (AvgIpc) is 2.99. The topological polar surface area (TPSA) is 113 Å². The SMILES string of the molecule is CC(C)CC(NC(=O)c1cccc2c1-c1ccccc1C2=O)C(=O)NCCC(=O)O. The van der Waals surface area contributed by atoms with Crippen molar-refractivity contribution in [2.75, 3.05) is 6.54 Å². The van der Waals surface area contributed by atoms with Crippen LogP contribution in [0.3, 0.4) is 0 Å². The van der Waals surface area contributed by atoms with Crippen LogP contribution in [-0.2, 0) is 9.59 Å². The molecule has 7 heteroatoms. The van der Waals surface area contributed by atoms with Crippen LogP contribution in [0.1, 0.15) is 53.0 Å². The molecule has 2 aromatic rings. The lowest BCUT2D eigenvalue weighted by Crippen LogP contribution is -2.47. The highest BCUT2D eigenvalue weighted by atomic mass is 16.4. The van der Waals surface area contributed by atoms with Gasteiger partial charge in [0.15, 0.2) is 5.78 Å². The molecule has 1 aliphatic rings. The fraction of sp³-hybridized carbons (Fsp3) is 0.304. The van der Waals surface area contributed by atoms with Gasteiger partial charge in [-0.1, -0.05) is 50.2 Å². The van der Waals surface area contributed by atoms with E-state index in [0.717, 1.165) is 0 Å². The van der Waals surface area contributed by atoms with E-state index in [-0.39, 0.29) is 24.7 Å². The average molecular weight is 408 g/mol. The quantitative estimate of drug-likeness (QED) is 0.530. The lowest BCUT2D eigenvalue weighted by molar-refractivity contribution is -0.137. The molecule has 0 bridgehead atoms. The van der Waals surface area contributed by atoms with Gasteiger partial charge in [-0.15, -0.1) is 0 Å². The molecule has 0 radical (unpaired) electrons. The molecule has 7 nitrogen and oxygen atoms in total. The second-order valence-electron chi connectivity index (χ2n) is 7.69. The minimum absolute atomic E-state index is 0.0127. The van der Waals surface area contributed by atoms with Crippen molar-refractivity contribution in [1.82, 2.24) is 10.6 Å². The van der Waals surface area contributed by atoms with Crippen molar-refractivity contribution in [1.29, 1.82) is 0 Å². The fourth-order valence-electron chi connectivity index (χ4n) is 3.62. The summed E-state index contributed by atoms with van der Waals surface area (Å²) in [6.07, 6.45) is 0.203. The minimum atomic E-state index is -1.01. The van der Waals surface area contributed by atoms with E-state index in [1.807, 2.05) is 19.9 Å². The third-order valence-electron chi connectivity index (χ3n) is 4.96. The number of aliphatic carboxylic acids is 1. The van der Waals surface area contributed by atoms with Gasteiger partial charge < -0.3 is 15.7 Å². The molecule has 3 rings (SSSR count). The number of fused-ring (bicyclic) bond motifs is 3. The lowest BCUT2D eigenvalue weighted by atomic mass is 9.97. The zero-order chi connectivity index (χ0) is 21.8. The molecule has 0 aliphatic heterocycles. The van der Waals surface area contributed by atoms with Crippen LogP contribution in [0.15, 0.2) is 42.5 Å². The number of amides is 2. The van der Waals surface area contributed by atoms with Gasteiger partial charge in [0.25, 0.3) is 5.91 Å². The molecule has 0 saturated carbocycles. The van der Waals surface area contributed by atoms with Gasteiger partial charge in [-0.2, -0.15) is 0 Å². The molecule has 2 amide bonds. The Labute approximate surface area is 174 Å². The van der Waals surface area contributed by atoms with E-state index in [9.17, 15) is 19.2 Å². The van der Waals surface area contributed by atoms with Crippen LogP contribution in [0.25, 0.3) is 11.1 Å². The Morgan fingerprint density at radius 3 is 2.30 bits per heavy atom. The highest BCUT2D eigenvalue weighted by Crippen LogP contribution is 2.38. The fourth-order valence-corrected chi connectivity index (χ4v) is 3.62. The second kappa shape index (κ2) is 8.90. The maximum Gasteiger partial charge on any atom is 0.305 e. The van der Waals surface area contributed by atoms with E-state index >= 15 is 0 Å². The van der Waals surface area contributed by atoms with Crippen molar-refractivity contribution in [3.05, 3.63) is 59.2 Å². The van der Waals surface area contributed by atoms with Crippen LogP contribution in [-0.4, -0.2) is 41.3 Å². The van der Waals surface area contributed by atoms with Crippen molar-refractivity contribution >= 4 is 23.6 Å². The zero-order valence-electron chi connectivity index (χ0n) is 16.9. The first-order chi connectivity index (χ1) is 14.3. The summed E-state index contributed by atoms with van der Waals surface area (Å²) in [6, 6.07) is 11.3. The van der Waals surface area contributed by atoms with E-state index in [1.54, 1.807) is 36.4 Å². The van der Waals surface area contributed by atoms with Crippen LogP contribution in [0, 0.1) is 5.92 Å². The van der Waals surface area contributed by atoms with Crippen molar-refractivity contribution in [2.24, 2.45) is 5.92 Å². The number of benzene rings is 2. The third-order valence-corrected chi connectivity index (χ3v) is 4.96. The molecular weight excluding hydrogens is 384 g/mol. The molecule has 2 aromatic carbocycles. The molecule has 30 heavy (non-hydrogen) atoms. The van der Waals surface area contributed by atoms with Gasteiger partial charge in [0, 0.05) is 28.8 Å². The Balaban J connectivity index is 1.85. The Morgan fingerprint density at radius 1 is 0.967 bits per heavy atom. The standard InChI is InChI=1S/C23H24N2O5/c1-13(2)12-18(23(30)24-11-10-19(26)27)25-22(29)17-9-5-8-16-20(17)14-6-3-4-7-15(14)21(16)28/h3-9,13,18H,10-12H2,1-2H3,(H,24,30)(H,25,29)(H,26,27). The molecular formula is C23H24N2O5. The molecule has 3 N–H and O–H groups in total. The lowest BCUT2D eigenvalue weighted by Gasteiger charge is -2.21. The van der Waals surface area contributed by atoms with Crippen LogP contribution in [0.4, 0.5) is 0 Å². The van der Waals surface area contributed by atoms with Gasteiger partial charge in [0.2, 0.25) is 5.91 Å². The molecule has 0 heterocycles. The Kier molecular flexibility index (Phi) is 6.30. The predicted molar refractivity (Wildman–Crippen MR) is 111 cm³/mol. The Morgan fingerprint density at radius 2 is 1.63 bits per heavy atom. The van der Waals surface area contributed by atoms with Crippen molar-refractivity contribution in [2.45, 2.75) is 32.7 Å². The number of nitrogens with one attached hydrogen (secondary N) is 2. The van der Waals surface area contributed by atoms with E-state index in [4.69, 9.17) is 5.11 Å². The summed E-state index contributed by atoms with van der Waals surface area (Å²) in [5.74, 6) is -1.88. The number of carboxylic acid groups (broad SMARTS) is 1. The summed E-state index contributed by atoms with van der Waals surface area (Å²) in [7, 11) is 0. The van der Waals surface area contributed by atoms with Gasteiger partial charge in [0.05, 0.1) is 6.42 Å². The number of carbonyl (C=O) groups excluding carboxylic acids is 3. The normalized spacial score (nSPS) is 12.8. The summed E-state index contributed by atoms with van der Waals surface area (Å²) < 4.78 is 0. The first kappa shape index (κ1) is 21.2. The highest BCUT2D eigenvalue weighted by molar-refractivity contribution is 6.24. The summed E-state index contributed by atoms with van der Waals surface area (Å²) in [5.41, 5.74) is 2.63. The molecule has 0 aromatic heterocycles. The minimum Gasteiger partial charge on any atom is -0.481 e. The molecule has 1 atom stereocenters. The number of carbonyl (C=O) groups is 4. The van der Waals surface area contributed by atoms with Gasteiger partial charge in [-0.3, -0.25) is 19.2 Å². The van der Waals surface area contributed by atoms with Crippen molar-refractivity contribution in [3.63, 3.8) is 0 Å². The van der Waals surface area contributed by atoms with E-state index in [2.05, 4.69) is 10.6 Å². The third kappa shape index (κ3) is 4.40. The molecule has 1 aliphatic carbocycles. The van der Waals surface area contributed by atoms with Gasteiger partial charge >= 0.3 is 5.97 Å². The molecule has 0 spiro atoms. The van der Waals surface area contributed by atoms with E-state index < -0.39 is 23.8 Å². The molecule has 0 fully saturated rings. The summed E-state index contributed by atoms with van der Waals surface area (Å²) >= 11 is 0. The first-order valence-electron chi connectivity index (χ1n) is 9.87. The van der Waals surface area contributed by atoms with E-state index in [0.29, 0.717) is 34.2 Å². The largest absolute Gasteiger partial charge is 0.481 e. The number of hydrogen-bond donors (Lipinski definition) is 3. The van der Waals surface area contributed by atoms with Gasteiger partial charge in [-0.25, -0.2) is 0 Å². The maximum atomic E-state index is 13.1. The number of ketones is 1. The number of carboxylic acids is 1. The monoisotopic (exact) mass is 408 g/mol. The highest BCUT2D eigenvalue weighted by Gasteiger charge is 2.31. The smallest absolute Gasteiger partial charge is 0.305 e. The second-order valence-corrected chi connectivity index (χ2v) is 7.69. The maximum absolute atomic E-state index is 13.1. The zero-order valence-corrected chi connectivity index (χ0v) is 16.9. The van der Waals surface area contributed by atoms with Crippen molar-refractivity contribution < 1.29 is 24.3 Å². The van der Waals surface area contributed by atoms with Crippen molar-refractivity contribution in [3.8, 4) is 11.1 Å². The summed E-state index contributed by atoms with van der Waals surface area (Å²) in [4.78, 5) is 49.0. The summed E-state index contributed by atoms with van der Waals surface area (Å²) in [5, 5.41) is 14.1. The van der Waals surface area contributed by atoms with E-state index in [1.165, 1.54) is 0 Å². The predicted octanol–water partition coefficient (Wildman–Crippen LogP) is 2.63. The number of hydrogen-bond acceptors (Lipinski definition) is 4. The Hall–Kier alpha value is -3.48. The van der Waals surface area contributed by atoms with Crippen LogP contribution in [0.2, 0.25) is 0 Å². The molecule has 1 unspecified atom stereocenters. The van der Waals surface area contributed by atoms with Crippen LogP contribution < -0.4 is 10.6 Å². The number of rotatable bonds is 8. The van der Waals surface area contributed by atoms with Crippen LogP contribution in [0.5, 0.6) is 0 Å². The molecule has 156 valence electrons. The first-order valence-corrected chi connectivity index (χ1v) is 9.87.